The number of hydrogen-bond acceptors (Lipinski definition) is 3. The molecule has 4 heteroatoms. The van der Waals surface area contributed by atoms with Crippen LogP contribution >= 0.6 is 15.9 Å². The average Bonchev–Trinajstić information content (AvgIpc) is 2.78. The topological polar surface area (TPSA) is 35.5 Å². The molecular weight excluding hydrogens is 332 g/mol. The van der Waals surface area contributed by atoms with Crippen molar-refractivity contribution < 1.29 is 14.3 Å². The van der Waals surface area contributed by atoms with Gasteiger partial charge in [0.15, 0.2) is 0 Å². The quantitative estimate of drug-likeness (QED) is 0.782. The van der Waals surface area contributed by atoms with E-state index in [0.717, 1.165) is 22.4 Å². The molecule has 0 radical (unpaired) electrons. The SMILES string of the molecule is CCOC(=O)Cc1cccc(Br)c1.c1cc2cc(c1)OC2. The maximum Gasteiger partial charge on any atom is 0.310 e. The number of hydrogen-bond donors (Lipinski definition) is 0. The molecule has 0 saturated heterocycles. The molecule has 1 heterocycles. The Morgan fingerprint density at radius 1 is 1.24 bits per heavy atom. The Kier molecular flexibility index (Phi) is 5.81. The first kappa shape index (κ1) is 15.6. The molecule has 2 aromatic carbocycles. The second-order valence-corrected chi connectivity index (χ2v) is 5.46. The molecular formula is C17H17BrO3. The van der Waals surface area contributed by atoms with Crippen molar-refractivity contribution in [3.63, 3.8) is 0 Å². The molecule has 0 spiro atoms. The Labute approximate surface area is 133 Å². The summed E-state index contributed by atoms with van der Waals surface area (Å²) in [6.45, 7) is 3.01. The van der Waals surface area contributed by atoms with Crippen molar-refractivity contribution in [2.45, 2.75) is 20.0 Å². The summed E-state index contributed by atoms with van der Waals surface area (Å²) < 4.78 is 11.0. The van der Waals surface area contributed by atoms with Gasteiger partial charge in [0.2, 0.25) is 0 Å². The third-order valence-electron chi connectivity index (χ3n) is 2.85. The van der Waals surface area contributed by atoms with Crippen molar-refractivity contribution in [2.24, 2.45) is 0 Å². The van der Waals surface area contributed by atoms with E-state index in [0.29, 0.717) is 13.0 Å². The van der Waals surface area contributed by atoms with Gasteiger partial charge in [-0.05, 0) is 42.3 Å². The van der Waals surface area contributed by atoms with E-state index in [1.165, 1.54) is 5.56 Å². The number of ether oxygens (including phenoxy) is 2. The predicted molar refractivity (Wildman–Crippen MR) is 85.3 cm³/mol. The van der Waals surface area contributed by atoms with Gasteiger partial charge in [-0.3, -0.25) is 4.79 Å². The van der Waals surface area contributed by atoms with Crippen LogP contribution in [-0.2, 0) is 22.6 Å². The fourth-order valence-corrected chi connectivity index (χ4v) is 2.36. The second-order valence-electron chi connectivity index (χ2n) is 4.55. The predicted octanol–water partition coefficient (Wildman–Crippen LogP) is 4.13. The van der Waals surface area contributed by atoms with Crippen LogP contribution in [0, 0.1) is 0 Å². The van der Waals surface area contributed by atoms with Crippen molar-refractivity contribution in [1.82, 2.24) is 0 Å². The van der Waals surface area contributed by atoms with E-state index in [1.807, 2.05) is 36.4 Å². The lowest BCUT2D eigenvalue weighted by molar-refractivity contribution is -0.142. The van der Waals surface area contributed by atoms with Gasteiger partial charge >= 0.3 is 5.97 Å². The van der Waals surface area contributed by atoms with Crippen LogP contribution in [0.5, 0.6) is 5.75 Å². The van der Waals surface area contributed by atoms with Gasteiger partial charge < -0.3 is 9.47 Å². The third kappa shape index (κ3) is 5.23. The van der Waals surface area contributed by atoms with Crippen LogP contribution < -0.4 is 4.74 Å². The van der Waals surface area contributed by atoms with E-state index < -0.39 is 0 Å². The van der Waals surface area contributed by atoms with E-state index in [9.17, 15) is 4.79 Å². The van der Waals surface area contributed by atoms with Gasteiger partial charge in [-0.2, -0.15) is 0 Å². The van der Waals surface area contributed by atoms with Gasteiger partial charge in [-0.25, -0.2) is 0 Å². The van der Waals surface area contributed by atoms with Gasteiger partial charge in [0.05, 0.1) is 13.0 Å². The highest BCUT2D eigenvalue weighted by Crippen LogP contribution is 2.20. The number of rotatable bonds is 3. The van der Waals surface area contributed by atoms with Crippen LogP contribution in [0.15, 0.2) is 53.0 Å². The first-order chi connectivity index (χ1) is 10.2. The van der Waals surface area contributed by atoms with Gasteiger partial charge in [-0.15, -0.1) is 0 Å². The van der Waals surface area contributed by atoms with Crippen molar-refractivity contribution >= 4 is 21.9 Å². The lowest BCUT2D eigenvalue weighted by atomic mass is 10.2. The molecule has 0 saturated carbocycles. The Hall–Kier alpha value is -1.81. The number of halogens is 1. The highest BCUT2D eigenvalue weighted by molar-refractivity contribution is 9.10. The standard InChI is InChI=1S/C10H11BrO2.C7H6O/c1-2-13-10(12)7-8-4-3-5-9(11)6-8;1-2-6-4-7(3-1)8-5-6/h3-6H,2,7H2,1H3;1-4H,5H2. The summed E-state index contributed by atoms with van der Waals surface area (Å²) in [6, 6.07) is 15.7. The highest BCUT2D eigenvalue weighted by atomic mass is 79.9. The van der Waals surface area contributed by atoms with Crippen molar-refractivity contribution in [2.75, 3.05) is 6.61 Å². The van der Waals surface area contributed by atoms with Crippen LogP contribution in [-0.4, -0.2) is 12.6 Å². The summed E-state index contributed by atoms with van der Waals surface area (Å²) >= 11 is 3.34. The average molecular weight is 349 g/mol. The largest absolute Gasteiger partial charge is 0.489 e. The van der Waals surface area contributed by atoms with E-state index in [2.05, 4.69) is 28.1 Å². The second kappa shape index (κ2) is 7.84. The third-order valence-corrected chi connectivity index (χ3v) is 3.34. The van der Waals surface area contributed by atoms with Gasteiger partial charge in [0, 0.05) is 4.47 Å². The van der Waals surface area contributed by atoms with E-state index >= 15 is 0 Å². The van der Waals surface area contributed by atoms with E-state index in [1.54, 1.807) is 6.92 Å². The molecule has 0 fully saturated rings. The fraction of sp³-hybridized carbons (Fsp3) is 0.235. The van der Waals surface area contributed by atoms with E-state index in [-0.39, 0.29) is 5.97 Å². The number of carbonyl (C=O) groups is 1. The first-order valence-electron chi connectivity index (χ1n) is 6.79. The molecule has 2 aromatic rings. The molecule has 110 valence electrons. The van der Waals surface area contributed by atoms with Crippen LogP contribution in [0.2, 0.25) is 0 Å². The molecule has 0 amide bonds. The van der Waals surface area contributed by atoms with Crippen molar-refractivity contribution in [3.8, 4) is 5.75 Å². The zero-order valence-corrected chi connectivity index (χ0v) is 13.4. The molecule has 0 unspecified atom stereocenters. The molecule has 3 rings (SSSR count). The number of carbonyl (C=O) groups excluding carboxylic acids is 1. The zero-order valence-electron chi connectivity index (χ0n) is 11.8. The maximum absolute atomic E-state index is 11.1. The number of benzene rings is 2. The van der Waals surface area contributed by atoms with Crippen molar-refractivity contribution in [3.05, 3.63) is 64.1 Å². The molecule has 1 aliphatic rings. The molecule has 0 atom stereocenters. The molecule has 0 aromatic heterocycles. The molecule has 21 heavy (non-hydrogen) atoms. The minimum atomic E-state index is -0.180. The molecule has 1 aliphatic heterocycles. The van der Waals surface area contributed by atoms with Gasteiger partial charge in [0.25, 0.3) is 0 Å². The van der Waals surface area contributed by atoms with Crippen LogP contribution in [0.3, 0.4) is 0 Å². The smallest absolute Gasteiger partial charge is 0.310 e. The summed E-state index contributed by atoms with van der Waals surface area (Å²) in [4.78, 5) is 11.1. The van der Waals surface area contributed by atoms with Crippen LogP contribution in [0.25, 0.3) is 0 Å². The zero-order chi connectivity index (χ0) is 15.1. The van der Waals surface area contributed by atoms with E-state index in [4.69, 9.17) is 9.47 Å². The Balaban J connectivity index is 0.000000170. The lowest BCUT2D eigenvalue weighted by Crippen LogP contribution is -2.07. The van der Waals surface area contributed by atoms with Gasteiger partial charge in [-0.1, -0.05) is 40.2 Å². The summed E-state index contributed by atoms with van der Waals surface area (Å²) in [6.07, 6.45) is 0.341. The monoisotopic (exact) mass is 348 g/mol. The van der Waals surface area contributed by atoms with Crippen LogP contribution in [0.1, 0.15) is 18.1 Å². The van der Waals surface area contributed by atoms with Gasteiger partial charge in [0.1, 0.15) is 12.4 Å². The summed E-state index contributed by atoms with van der Waals surface area (Å²) in [7, 11) is 0. The molecule has 0 N–H and O–H groups in total. The lowest BCUT2D eigenvalue weighted by Gasteiger charge is -2.01. The first-order valence-corrected chi connectivity index (χ1v) is 7.58. The normalized spacial score (nSPS) is 11.1. The minimum Gasteiger partial charge on any atom is -0.489 e. The highest BCUT2D eigenvalue weighted by Gasteiger charge is 2.04. The summed E-state index contributed by atoms with van der Waals surface area (Å²) in [5, 5.41) is 0. The molecule has 0 aliphatic carbocycles. The molecule has 2 bridgehead atoms. The van der Waals surface area contributed by atoms with Crippen molar-refractivity contribution in [1.29, 1.82) is 0 Å². The fourth-order valence-electron chi connectivity index (χ4n) is 1.92. The maximum atomic E-state index is 11.1. The summed E-state index contributed by atoms with van der Waals surface area (Å²) in [5.41, 5.74) is 2.25. The number of esters is 1. The van der Waals surface area contributed by atoms with Crippen LogP contribution in [0.4, 0.5) is 0 Å². The molecule has 3 nitrogen and oxygen atoms in total. The minimum absolute atomic E-state index is 0.180. The summed E-state index contributed by atoms with van der Waals surface area (Å²) in [5.74, 6) is 0.822. The Bertz CT molecular complexity index is 591. The Morgan fingerprint density at radius 3 is 2.71 bits per heavy atom. The Morgan fingerprint density at radius 2 is 2.05 bits per heavy atom. The number of fused-ring (bicyclic) bond motifs is 2.